The van der Waals surface area contributed by atoms with Crippen molar-refractivity contribution in [1.82, 2.24) is 19.4 Å². The summed E-state index contributed by atoms with van der Waals surface area (Å²) in [6.07, 6.45) is 5.39. The SMILES string of the molecule is CC1CCC(N(C)C(=O)CSc2nc3ccccc3c(=O)n2CCCN2CCOCC2)CC1. The molecule has 7 nitrogen and oxygen atoms in total. The van der Waals surface area contributed by atoms with Crippen LogP contribution in [0.4, 0.5) is 0 Å². The lowest BCUT2D eigenvalue weighted by Gasteiger charge is -2.33. The van der Waals surface area contributed by atoms with Gasteiger partial charge in [0.25, 0.3) is 5.56 Å². The first kappa shape index (κ1) is 24.2. The van der Waals surface area contributed by atoms with Crippen LogP contribution in [0.5, 0.6) is 0 Å². The van der Waals surface area contributed by atoms with E-state index in [-0.39, 0.29) is 11.5 Å². The average Bonchev–Trinajstić information content (AvgIpc) is 2.85. The van der Waals surface area contributed by atoms with Crippen LogP contribution in [0.1, 0.15) is 39.0 Å². The molecule has 0 radical (unpaired) electrons. The highest BCUT2D eigenvalue weighted by atomic mass is 32.2. The number of benzene rings is 1. The lowest BCUT2D eigenvalue weighted by Crippen LogP contribution is -2.40. The molecule has 0 spiro atoms. The number of nitrogens with zero attached hydrogens (tertiary/aromatic N) is 4. The Hall–Kier alpha value is -1.90. The Kier molecular flexibility index (Phi) is 8.44. The fourth-order valence-electron chi connectivity index (χ4n) is 4.79. The largest absolute Gasteiger partial charge is 0.379 e. The van der Waals surface area contributed by atoms with E-state index in [0.29, 0.717) is 34.4 Å². The molecule has 0 atom stereocenters. The molecule has 2 fully saturated rings. The third kappa shape index (κ3) is 6.16. The molecular formula is C25H36N4O3S. The van der Waals surface area contributed by atoms with Gasteiger partial charge >= 0.3 is 0 Å². The van der Waals surface area contributed by atoms with Crippen LogP contribution < -0.4 is 5.56 Å². The van der Waals surface area contributed by atoms with E-state index in [1.165, 1.54) is 24.6 Å². The number of hydrogen-bond acceptors (Lipinski definition) is 6. The minimum Gasteiger partial charge on any atom is -0.379 e. The van der Waals surface area contributed by atoms with Crippen LogP contribution in [0.2, 0.25) is 0 Å². The standard InChI is InChI=1S/C25H36N4O3S/c1-19-8-10-20(11-9-19)27(2)23(30)18-33-25-26-22-7-4-3-6-21(22)24(31)29(25)13-5-12-28-14-16-32-17-15-28/h3-4,6-7,19-20H,5,8-18H2,1-2H3. The van der Waals surface area contributed by atoms with Crippen LogP contribution in [0.3, 0.4) is 0 Å². The summed E-state index contributed by atoms with van der Waals surface area (Å²) in [5, 5.41) is 1.27. The van der Waals surface area contributed by atoms with E-state index in [2.05, 4.69) is 11.8 Å². The van der Waals surface area contributed by atoms with Gasteiger partial charge in [-0.05, 0) is 50.2 Å². The second-order valence-corrected chi connectivity index (χ2v) is 10.3. The minimum absolute atomic E-state index is 0.0212. The van der Waals surface area contributed by atoms with Crippen molar-refractivity contribution in [2.45, 2.75) is 56.8 Å². The number of morpholine rings is 1. The number of carbonyl (C=O) groups excluding carboxylic acids is 1. The first-order chi connectivity index (χ1) is 16.0. The van der Waals surface area contributed by atoms with Crippen LogP contribution in [0.25, 0.3) is 10.9 Å². The molecule has 1 saturated heterocycles. The topological polar surface area (TPSA) is 67.7 Å². The third-order valence-electron chi connectivity index (χ3n) is 7.04. The molecule has 0 bridgehead atoms. The van der Waals surface area contributed by atoms with Crippen molar-refractivity contribution in [2.24, 2.45) is 5.92 Å². The van der Waals surface area contributed by atoms with Crippen LogP contribution >= 0.6 is 11.8 Å². The maximum Gasteiger partial charge on any atom is 0.262 e. The summed E-state index contributed by atoms with van der Waals surface area (Å²) in [6, 6.07) is 7.81. The summed E-state index contributed by atoms with van der Waals surface area (Å²) >= 11 is 1.39. The Morgan fingerprint density at radius 2 is 1.88 bits per heavy atom. The molecule has 1 aromatic heterocycles. The molecule has 33 heavy (non-hydrogen) atoms. The highest BCUT2D eigenvalue weighted by Crippen LogP contribution is 2.27. The van der Waals surface area contributed by atoms with Crippen molar-refractivity contribution in [1.29, 1.82) is 0 Å². The summed E-state index contributed by atoms with van der Waals surface area (Å²) in [6.45, 7) is 7.23. The summed E-state index contributed by atoms with van der Waals surface area (Å²) < 4.78 is 7.19. The first-order valence-electron chi connectivity index (χ1n) is 12.2. The number of thioether (sulfide) groups is 1. The van der Waals surface area contributed by atoms with E-state index in [1.807, 2.05) is 36.2 Å². The van der Waals surface area contributed by atoms with Gasteiger partial charge < -0.3 is 9.64 Å². The molecule has 1 saturated carbocycles. The van der Waals surface area contributed by atoms with Crippen molar-refractivity contribution in [3.8, 4) is 0 Å². The monoisotopic (exact) mass is 472 g/mol. The summed E-state index contributed by atoms with van der Waals surface area (Å²) in [5.41, 5.74) is 0.670. The molecule has 1 amide bonds. The number of carbonyl (C=O) groups is 1. The Morgan fingerprint density at radius 1 is 1.15 bits per heavy atom. The molecular weight excluding hydrogens is 436 g/mol. The predicted octanol–water partition coefficient (Wildman–Crippen LogP) is 3.25. The molecule has 0 N–H and O–H groups in total. The number of ether oxygens (including phenoxy) is 1. The molecule has 0 unspecified atom stereocenters. The quantitative estimate of drug-likeness (QED) is 0.434. The average molecular weight is 473 g/mol. The molecule has 2 aromatic rings. The van der Waals surface area contributed by atoms with Gasteiger partial charge in [-0.25, -0.2) is 4.98 Å². The van der Waals surface area contributed by atoms with Crippen molar-refractivity contribution >= 4 is 28.6 Å². The highest BCUT2D eigenvalue weighted by Gasteiger charge is 2.25. The van der Waals surface area contributed by atoms with Gasteiger partial charge in [0.1, 0.15) is 0 Å². The minimum atomic E-state index is -0.0212. The second kappa shape index (κ2) is 11.5. The fourth-order valence-corrected chi connectivity index (χ4v) is 5.74. The van der Waals surface area contributed by atoms with Crippen LogP contribution in [0, 0.1) is 5.92 Å². The number of fused-ring (bicyclic) bond motifs is 1. The Morgan fingerprint density at radius 3 is 2.64 bits per heavy atom. The number of rotatable bonds is 8. The van der Waals surface area contributed by atoms with Gasteiger partial charge in [-0.1, -0.05) is 30.8 Å². The normalized spacial score (nSPS) is 21.9. The van der Waals surface area contributed by atoms with Gasteiger partial charge in [0.15, 0.2) is 5.16 Å². The van der Waals surface area contributed by atoms with E-state index >= 15 is 0 Å². The van der Waals surface area contributed by atoms with Gasteiger partial charge in [0.2, 0.25) is 5.91 Å². The number of aromatic nitrogens is 2. The third-order valence-corrected chi connectivity index (χ3v) is 8.00. The van der Waals surface area contributed by atoms with Crippen molar-refractivity contribution < 1.29 is 9.53 Å². The van der Waals surface area contributed by atoms with Gasteiger partial charge in [0, 0.05) is 39.3 Å². The number of amides is 1. The van der Waals surface area contributed by atoms with Gasteiger partial charge in [-0.15, -0.1) is 0 Å². The molecule has 4 rings (SSSR count). The maximum atomic E-state index is 13.3. The molecule has 2 aliphatic rings. The second-order valence-electron chi connectivity index (χ2n) is 9.38. The lowest BCUT2D eigenvalue weighted by molar-refractivity contribution is -0.129. The van der Waals surface area contributed by atoms with Crippen LogP contribution in [-0.2, 0) is 16.1 Å². The smallest absolute Gasteiger partial charge is 0.262 e. The maximum absolute atomic E-state index is 13.3. The van der Waals surface area contributed by atoms with Crippen molar-refractivity contribution in [3.05, 3.63) is 34.6 Å². The molecule has 8 heteroatoms. The van der Waals surface area contributed by atoms with Crippen LogP contribution in [0.15, 0.2) is 34.2 Å². The number of para-hydroxylation sites is 1. The number of hydrogen-bond donors (Lipinski definition) is 0. The van der Waals surface area contributed by atoms with Crippen LogP contribution in [-0.4, -0.2) is 76.9 Å². The van der Waals surface area contributed by atoms with Gasteiger partial charge in [-0.2, -0.15) is 0 Å². The zero-order valence-electron chi connectivity index (χ0n) is 19.9. The summed E-state index contributed by atoms with van der Waals surface area (Å²) in [4.78, 5) is 35.3. The molecule has 1 aliphatic carbocycles. The zero-order chi connectivity index (χ0) is 23.2. The van der Waals surface area contributed by atoms with Gasteiger partial charge in [0.05, 0.1) is 29.9 Å². The molecule has 2 heterocycles. The molecule has 1 aliphatic heterocycles. The molecule has 1 aromatic carbocycles. The van der Waals surface area contributed by atoms with Crippen molar-refractivity contribution in [2.75, 3.05) is 45.6 Å². The Labute approximate surface area is 200 Å². The van der Waals surface area contributed by atoms with E-state index in [4.69, 9.17) is 9.72 Å². The highest BCUT2D eigenvalue weighted by molar-refractivity contribution is 7.99. The Bertz CT molecular complexity index is 997. The first-order valence-corrected chi connectivity index (χ1v) is 13.2. The fraction of sp³-hybridized carbons (Fsp3) is 0.640. The van der Waals surface area contributed by atoms with E-state index in [9.17, 15) is 9.59 Å². The zero-order valence-corrected chi connectivity index (χ0v) is 20.7. The predicted molar refractivity (Wildman–Crippen MR) is 133 cm³/mol. The summed E-state index contributed by atoms with van der Waals surface area (Å²) in [5.74, 6) is 1.17. The molecule has 180 valence electrons. The van der Waals surface area contributed by atoms with Gasteiger partial charge in [-0.3, -0.25) is 19.1 Å². The van der Waals surface area contributed by atoms with E-state index in [1.54, 1.807) is 4.57 Å². The lowest BCUT2D eigenvalue weighted by atomic mass is 9.87. The Balaban J connectivity index is 1.45. The summed E-state index contributed by atoms with van der Waals surface area (Å²) in [7, 11) is 1.92. The van der Waals surface area contributed by atoms with E-state index < -0.39 is 0 Å². The van der Waals surface area contributed by atoms with E-state index in [0.717, 1.165) is 58.0 Å². The van der Waals surface area contributed by atoms with Crippen molar-refractivity contribution in [3.63, 3.8) is 0 Å².